The molecule has 2 aliphatic carbocycles. The summed E-state index contributed by atoms with van der Waals surface area (Å²) < 4.78 is 35.8. The third kappa shape index (κ3) is 4.65. The lowest BCUT2D eigenvalue weighted by atomic mass is 9.74. The maximum absolute atomic E-state index is 13.4. The summed E-state index contributed by atoms with van der Waals surface area (Å²) in [5.74, 6) is 0.370. The van der Waals surface area contributed by atoms with E-state index in [9.17, 15) is 8.42 Å². The summed E-state index contributed by atoms with van der Waals surface area (Å²) >= 11 is 0. The topological polar surface area (TPSA) is 96.5 Å². The van der Waals surface area contributed by atoms with Gasteiger partial charge in [-0.25, -0.2) is 18.1 Å². The average Bonchev–Trinajstić information content (AvgIpc) is 3.68. The van der Waals surface area contributed by atoms with E-state index >= 15 is 0 Å². The van der Waals surface area contributed by atoms with Gasteiger partial charge in [-0.05, 0) is 87.1 Å². The third-order valence-electron chi connectivity index (χ3n) is 9.28. The molecule has 8 nitrogen and oxygen atoms in total. The van der Waals surface area contributed by atoms with Crippen LogP contribution in [0.15, 0.2) is 53.4 Å². The molecule has 0 unspecified atom stereocenters. The van der Waals surface area contributed by atoms with Crippen molar-refractivity contribution in [2.24, 2.45) is 5.41 Å². The number of nitrogens with one attached hydrogen (secondary N) is 2. The van der Waals surface area contributed by atoms with Gasteiger partial charge >= 0.3 is 0 Å². The summed E-state index contributed by atoms with van der Waals surface area (Å²) in [5.41, 5.74) is 4.82. The van der Waals surface area contributed by atoms with Gasteiger partial charge in [0.25, 0.3) is 10.0 Å². The zero-order valence-electron chi connectivity index (χ0n) is 22.5. The highest BCUT2D eigenvalue weighted by Gasteiger charge is 2.55. The molecule has 4 aliphatic rings. The van der Waals surface area contributed by atoms with Crippen LogP contribution in [0.4, 0.5) is 11.6 Å². The van der Waals surface area contributed by atoms with Crippen LogP contribution in [0.5, 0.6) is 5.88 Å². The maximum Gasteiger partial charge on any atom is 0.264 e. The molecule has 3 fully saturated rings. The highest BCUT2D eigenvalue weighted by molar-refractivity contribution is 7.92. The number of hydrogen-bond acceptors (Lipinski definition) is 7. The first-order valence-corrected chi connectivity index (χ1v) is 15.4. The summed E-state index contributed by atoms with van der Waals surface area (Å²) in [4.78, 5) is 11.9. The standard InChI is InChI=1S/C30H35N5O3S/c1-20-5-3-6-21(2)27(20)25-16-26-32-28(31-25)34-39(36,37)24-8-4-7-22(15-24)33-30(19-38-26)11-13-35(14-12-30)23-17-29(18-23)9-10-29/h3-8,15-16,23,33H,9-14,17-19H2,1-2H3,(H,31,32,34). The van der Waals surface area contributed by atoms with E-state index in [4.69, 9.17) is 4.74 Å². The lowest BCUT2D eigenvalue weighted by Crippen LogP contribution is -2.57. The van der Waals surface area contributed by atoms with E-state index < -0.39 is 10.0 Å². The monoisotopic (exact) mass is 545 g/mol. The van der Waals surface area contributed by atoms with Crippen molar-refractivity contribution < 1.29 is 13.2 Å². The lowest BCUT2D eigenvalue weighted by Gasteiger charge is -2.49. The number of aromatic nitrogens is 2. The molecule has 2 N–H and O–H groups in total. The summed E-state index contributed by atoms with van der Waals surface area (Å²) in [6.45, 7) is 6.48. The van der Waals surface area contributed by atoms with Gasteiger partial charge in [-0.3, -0.25) is 0 Å². The fourth-order valence-electron chi connectivity index (χ4n) is 6.74. The minimum Gasteiger partial charge on any atom is -0.475 e. The molecule has 3 aromatic rings. The molecule has 2 aliphatic heterocycles. The van der Waals surface area contributed by atoms with Gasteiger partial charge in [-0.2, -0.15) is 4.98 Å². The van der Waals surface area contributed by atoms with Crippen molar-refractivity contribution in [1.82, 2.24) is 14.9 Å². The molecule has 0 atom stereocenters. The van der Waals surface area contributed by atoms with Gasteiger partial charge in [-0.1, -0.05) is 24.3 Å². The van der Waals surface area contributed by atoms with Gasteiger partial charge in [0, 0.05) is 36.4 Å². The number of sulfonamides is 1. The van der Waals surface area contributed by atoms with Crippen LogP contribution in [0.25, 0.3) is 11.3 Å². The van der Waals surface area contributed by atoms with E-state index in [1.807, 2.05) is 44.2 Å². The van der Waals surface area contributed by atoms with Gasteiger partial charge < -0.3 is 15.0 Å². The third-order valence-corrected chi connectivity index (χ3v) is 10.6. The minimum atomic E-state index is -3.91. The first-order valence-electron chi connectivity index (χ1n) is 14.0. The molecular weight excluding hydrogens is 510 g/mol. The quantitative estimate of drug-likeness (QED) is 0.460. The van der Waals surface area contributed by atoms with Crippen molar-refractivity contribution in [3.8, 4) is 17.1 Å². The number of anilines is 2. The predicted octanol–water partition coefficient (Wildman–Crippen LogP) is 5.14. The van der Waals surface area contributed by atoms with Gasteiger partial charge in [0.2, 0.25) is 11.8 Å². The van der Waals surface area contributed by atoms with Crippen LogP contribution in [0.3, 0.4) is 0 Å². The molecule has 204 valence electrons. The molecule has 2 saturated carbocycles. The Morgan fingerprint density at radius 2 is 1.67 bits per heavy atom. The lowest BCUT2D eigenvalue weighted by molar-refractivity contribution is 0.0265. The summed E-state index contributed by atoms with van der Waals surface area (Å²) in [6, 6.07) is 15.6. The Bertz CT molecular complexity index is 1520. The average molecular weight is 546 g/mol. The van der Waals surface area contributed by atoms with Gasteiger partial charge in [-0.15, -0.1) is 0 Å². The van der Waals surface area contributed by atoms with Gasteiger partial charge in [0.15, 0.2) is 0 Å². The number of fused-ring (bicyclic) bond motifs is 4. The van der Waals surface area contributed by atoms with E-state index in [0.717, 1.165) is 48.3 Å². The van der Waals surface area contributed by atoms with Crippen molar-refractivity contribution in [3.63, 3.8) is 0 Å². The summed E-state index contributed by atoms with van der Waals surface area (Å²) in [5, 5.41) is 3.70. The van der Waals surface area contributed by atoms with Crippen LogP contribution in [0.2, 0.25) is 0 Å². The Morgan fingerprint density at radius 1 is 0.949 bits per heavy atom. The number of hydrogen-bond donors (Lipinski definition) is 2. The van der Waals surface area contributed by atoms with Crippen LogP contribution in [-0.2, 0) is 10.0 Å². The SMILES string of the molecule is Cc1cccc(C)c1-c1cc2nc(n1)NS(=O)(=O)c1cccc(c1)NC1(CCN(C3CC4(CC4)C3)CC1)CO2. The molecule has 7 rings (SSSR count). The van der Waals surface area contributed by atoms with Gasteiger partial charge in [0.05, 0.1) is 16.1 Å². The Balaban J connectivity index is 1.24. The molecule has 1 aromatic heterocycles. The second-order valence-corrected chi connectivity index (χ2v) is 13.8. The van der Waals surface area contributed by atoms with E-state index in [2.05, 4.69) is 24.9 Å². The molecule has 2 aromatic carbocycles. The summed E-state index contributed by atoms with van der Waals surface area (Å²) in [6.07, 6.45) is 7.34. The van der Waals surface area contributed by atoms with E-state index in [0.29, 0.717) is 29.6 Å². The fraction of sp³-hybridized carbons (Fsp3) is 0.467. The number of rotatable bonds is 2. The highest BCUT2D eigenvalue weighted by Crippen LogP contribution is 2.62. The van der Waals surface area contributed by atoms with Crippen molar-refractivity contribution >= 4 is 21.7 Å². The molecule has 2 spiro atoms. The predicted molar refractivity (Wildman–Crippen MR) is 152 cm³/mol. The van der Waals surface area contributed by atoms with E-state index in [1.165, 1.54) is 25.7 Å². The second-order valence-electron chi connectivity index (χ2n) is 12.1. The molecule has 39 heavy (non-hydrogen) atoms. The summed E-state index contributed by atoms with van der Waals surface area (Å²) in [7, 11) is -3.91. The van der Waals surface area contributed by atoms with Gasteiger partial charge in [0.1, 0.15) is 6.61 Å². The minimum absolute atomic E-state index is 0.00643. The van der Waals surface area contributed by atoms with Crippen molar-refractivity contribution in [2.45, 2.75) is 68.8 Å². The van der Waals surface area contributed by atoms with Crippen LogP contribution in [0, 0.1) is 19.3 Å². The van der Waals surface area contributed by atoms with Crippen LogP contribution < -0.4 is 14.8 Å². The number of benzene rings is 2. The Hall–Kier alpha value is -3.17. The smallest absolute Gasteiger partial charge is 0.264 e. The number of nitrogens with zero attached hydrogens (tertiary/aromatic N) is 3. The fourth-order valence-corrected chi connectivity index (χ4v) is 7.72. The number of likely N-dealkylation sites (tertiary alicyclic amines) is 1. The van der Waals surface area contributed by atoms with Crippen LogP contribution in [-0.4, -0.2) is 54.6 Å². The Morgan fingerprint density at radius 3 is 2.38 bits per heavy atom. The zero-order chi connectivity index (χ0) is 26.8. The molecule has 0 radical (unpaired) electrons. The van der Waals surface area contributed by atoms with E-state index in [1.54, 1.807) is 18.2 Å². The number of ether oxygens (including phenoxy) is 1. The van der Waals surface area contributed by atoms with Crippen molar-refractivity contribution in [2.75, 3.05) is 29.7 Å². The maximum atomic E-state index is 13.4. The second kappa shape index (κ2) is 8.93. The molecule has 9 heteroatoms. The number of aryl methyl sites for hydroxylation is 2. The molecule has 1 saturated heterocycles. The van der Waals surface area contributed by atoms with Crippen molar-refractivity contribution in [1.29, 1.82) is 0 Å². The Labute approximate surface area is 230 Å². The first kappa shape index (κ1) is 24.8. The molecule has 0 amide bonds. The van der Waals surface area contributed by atoms with E-state index in [-0.39, 0.29) is 16.4 Å². The zero-order valence-corrected chi connectivity index (χ0v) is 23.4. The normalized spacial score (nSPS) is 22.9. The largest absolute Gasteiger partial charge is 0.475 e. The number of piperidine rings is 1. The first-order chi connectivity index (χ1) is 18.7. The Kier molecular flexibility index (Phi) is 5.68. The molecule has 4 bridgehead atoms. The molecular formula is C30H35N5O3S. The van der Waals surface area contributed by atoms with Crippen LogP contribution in [0.1, 0.15) is 49.7 Å². The molecule has 3 heterocycles. The van der Waals surface area contributed by atoms with Crippen molar-refractivity contribution in [3.05, 3.63) is 59.7 Å². The highest BCUT2D eigenvalue weighted by atomic mass is 32.2. The van der Waals surface area contributed by atoms with Crippen LogP contribution >= 0.6 is 0 Å².